The van der Waals surface area contributed by atoms with Gasteiger partial charge in [-0.1, -0.05) is 84.9 Å². The Bertz CT molecular complexity index is 2010. The number of rotatable bonds is 12. The minimum absolute atomic E-state index is 0.0820. The molecule has 2 amide bonds. The van der Waals surface area contributed by atoms with Crippen molar-refractivity contribution in [3.05, 3.63) is 114 Å². The monoisotopic (exact) mass is 712 g/mol. The summed E-state index contributed by atoms with van der Waals surface area (Å²) in [7, 11) is 2.11. The zero-order chi connectivity index (χ0) is 36.6. The third-order valence-corrected chi connectivity index (χ3v) is 11.0. The van der Waals surface area contributed by atoms with Crippen molar-refractivity contribution in [3.63, 3.8) is 0 Å². The second-order valence-electron chi connectivity index (χ2n) is 14.6. The van der Waals surface area contributed by atoms with Crippen LogP contribution in [0.5, 0.6) is 0 Å². The van der Waals surface area contributed by atoms with Crippen LogP contribution in [0.3, 0.4) is 0 Å². The molecule has 0 bridgehead atoms. The van der Waals surface area contributed by atoms with Crippen LogP contribution in [-0.4, -0.2) is 93.7 Å². The Morgan fingerprint density at radius 1 is 0.830 bits per heavy atom. The molecule has 0 saturated carbocycles. The number of fused-ring (bicyclic) bond motifs is 1. The molecule has 0 atom stereocenters. The van der Waals surface area contributed by atoms with Gasteiger partial charge in [0, 0.05) is 63.3 Å². The molecule has 0 aliphatic carbocycles. The third-order valence-electron chi connectivity index (χ3n) is 11.0. The highest BCUT2D eigenvalue weighted by atomic mass is 16.6. The number of carbonyl (C=O) groups is 2. The second kappa shape index (κ2) is 17.1. The molecule has 276 valence electrons. The molecular weight excluding hydrogens is 661 g/mol. The number of aromatic nitrogens is 3. The van der Waals surface area contributed by atoms with E-state index >= 15 is 0 Å². The average molecular weight is 713 g/mol. The summed E-state index contributed by atoms with van der Waals surface area (Å²) in [6.07, 6.45) is 16.0. The lowest BCUT2D eigenvalue weighted by Gasteiger charge is -2.32. The van der Waals surface area contributed by atoms with Crippen LogP contribution in [-0.2, 0) is 11.3 Å². The van der Waals surface area contributed by atoms with Crippen molar-refractivity contribution in [2.24, 2.45) is 5.92 Å². The number of piperazine rings is 1. The van der Waals surface area contributed by atoms with Crippen LogP contribution in [0.15, 0.2) is 97.6 Å². The summed E-state index contributed by atoms with van der Waals surface area (Å²) >= 11 is 0. The van der Waals surface area contributed by atoms with Gasteiger partial charge in [-0.2, -0.15) is 0 Å². The van der Waals surface area contributed by atoms with E-state index < -0.39 is 0 Å². The van der Waals surface area contributed by atoms with Crippen molar-refractivity contribution in [2.45, 2.75) is 52.0 Å². The second-order valence-corrected chi connectivity index (χ2v) is 14.6. The van der Waals surface area contributed by atoms with Crippen LogP contribution < -0.4 is 0 Å². The van der Waals surface area contributed by atoms with Crippen LogP contribution >= 0.6 is 0 Å². The summed E-state index contributed by atoms with van der Waals surface area (Å²) in [6, 6.07) is 25.1. The first-order chi connectivity index (χ1) is 26.0. The Kier molecular flexibility index (Phi) is 11.7. The maximum absolute atomic E-state index is 14.3. The van der Waals surface area contributed by atoms with Gasteiger partial charge in [0.1, 0.15) is 5.82 Å². The quantitative estimate of drug-likeness (QED) is 0.122. The van der Waals surface area contributed by atoms with E-state index in [1.54, 1.807) is 0 Å². The standard InChI is InChI=1S/C44H52N6O3/c1-34-42(43(51)47-27-25-46(2)26-28-47)40(39-20-13-18-37-17-10-11-19-38(37)39)32-50(34)41-30-45-33-49(41)31-36-21-23-48(24-22-36)44(52)53-29-12-5-3-4-7-14-35-15-8-6-9-16-35/h6-11,13-20,30,32-33,36H,3-5,12,21-29,31H2,1-2H3. The van der Waals surface area contributed by atoms with E-state index in [4.69, 9.17) is 4.74 Å². The number of ether oxygens (including phenoxy) is 1. The van der Waals surface area contributed by atoms with Gasteiger partial charge in [-0.05, 0) is 80.3 Å². The molecular formula is C44H52N6O3. The topological polar surface area (TPSA) is 75.8 Å². The molecule has 2 aliphatic rings. The van der Waals surface area contributed by atoms with Gasteiger partial charge in [-0.15, -0.1) is 0 Å². The molecule has 9 nitrogen and oxygen atoms in total. The normalized spacial score (nSPS) is 15.8. The number of amides is 2. The SMILES string of the molecule is Cc1c(C(=O)N2CCN(C)CC2)c(-c2cccc3ccccc23)cn1-c1cncn1CC1CCN(C(=O)OCCCCCC=Cc2ccccc2)CC1. The molecule has 4 heterocycles. The first-order valence-electron chi connectivity index (χ1n) is 19.3. The van der Waals surface area contributed by atoms with Gasteiger partial charge in [0.05, 0.1) is 24.7 Å². The lowest BCUT2D eigenvalue weighted by atomic mass is 9.96. The smallest absolute Gasteiger partial charge is 0.409 e. The summed E-state index contributed by atoms with van der Waals surface area (Å²) in [5.74, 6) is 1.42. The van der Waals surface area contributed by atoms with Crippen molar-refractivity contribution in [2.75, 3.05) is 52.9 Å². The average Bonchev–Trinajstić information content (AvgIpc) is 3.79. The van der Waals surface area contributed by atoms with E-state index in [9.17, 15) is 9.59 Å². The van der Waals surface area contributed by atoms with Gasteiger partial charge < -0.3 is 28.6 Å². The number of hydrogen-bond acceptors (Lipinski definition) is 5. The van der Waals surface area contributed by atoms with Gasteiger partial charge in [0.2, 0.25) is 0 Å². The number of benzene rings is 3. The fourth-order valence-corrected chi connectivity index (χ4v) is 7.75. The van der Waals surface area contributed by atoms with E-state index in [0.717, 1.165) is 97.1 Å². The minimum Gasteiger partial charge on any atom is -0.449 e. The molecule has 9 heteroatoms. The summed E-state index contributed by atoms with van der Waals surface area (Å²) in [5, 5.41) is 2.28. The highest BCUT2D eigenvalue weighted by Gasteiger charge is 2.29. The van der Waals surface area contributed by atoms with E-state index in [1.165, 1.54) is 5.56 Å². The maximum atomic E-state index is 14.3. The number of piperidine rings is 1. The molecule has 2 aromatic heterocycles. The van der Waals surface area contributed by atoms with Gasteiger partial charge in [-0.25, -0.2) is 9.78 Å². The first kappa shape index (κ1) is 36.2. The van der Waals surface area contributed by atoms with E-state index in [-0.39, 0.29) is 12.0 Å². The Morgan fingerprint density at radius 2 is 1.58 bits per heavy atom. The molecule has 0 radical (unpaired) electrons. The molecule has 5 aromatic rings. The summed E-state index contributed by atoms with van der Waals surface area (Å²) < 4.78 is 10.0. The summed E-state index contributed by atoms with van der Waals surface area (Å²) in [6.45, 7) is 7.86. The molecule has 0 spiro atoms. The van der Waals surface area contributed by atoms with Crippen molar-refractivity contribution in [1.82, 2.24) is 28.8 Å². The minimum atomic E-state index is -0.197. The predicted octanol–water partition coefficient (Wildman–Crippen LogP) is 8.31. The number of nitrogens with zero attached hydrogens (tertiary/aromatic N) is 6. The van der Waals surface area contributed by atoms with Crippen molar-refractivity contribution in [3.8, 4) is 16.9 Å². The van der Waals surface area contributed by atoms with Gasteiger partial charge in [-0.3, -0.25) is 4.79 Å². The number of likely N-dealkylation sites (N-methyl/N-ethyl adjacent to an activating group) is 1. The lowest BCUT2D eigenvalue weighted by molar-refractivity contribution is 0.0664. The highest BCUT2D eigenvalue weighted by Crippen LogP contribution is 2.36. The number of likely N-dealkylation sites (tertiary alicyclic amines) is 1. The van der Waals surface area contributed by atoms with E-state index in [1.807, 2.05) is 28.4 Å². The molecule has 3 aromatic carbocycles. The summed E-state index contributed by atoms with van der Waals surface area (Å²) in [5.41, 5.74) is 4.90. The fourth-order valence-electron chi connectivity index (χ4n) is 7.75. The number of unbranched alkanes of at least 4 members (excludes halogenated alkanes) is 3. The van der Waals surface area contributed by atoms with Crippen LogP contribution in [0.4, 0.5) is 4.79 Å². The van der Waals surface area contributed by atoms with E-state index in [0.29, 0.717) is 38.7 Å². The molecule has 7 rings (SSSR count). The first-order valence-corrected chi connectivity index (χ1v) is 19.3. The third kappa shape index (κ3) is 8.57. The predicted molar refractivity (Wildman–Crippen MR) is 212 cm³/mol. The Morgan fingerprint density at radius 3 is 2.40 bits per heavy atom. The highest BCUT2D eigenvalue weighted by molar-refractivity contribution is 6.07. The van der Waals surface area contributed by atoms with Crippen LogP contribution in [0, 0.1) is 12.8 Å². The van der Waals surface area contributed by atoms with Gasteiger partial charge in [0.25, 0.3) is 5.91 Å². The largest absolute Gasteiger partial charge is 0.449 e. The molecule has 2 aliphatic heterocycles. The Hall–Kier alpha value is -5.15. The zero-order valence-corrected chi connectivity index (χ0v) is 31.2. The van der Waals surface area contributed by atoms with Gasteiger partial charge in [0.15, 0.2) is 0 Å². The Balaban J connectivity index is 0.978. The number of hydrogen-bond donors (Lipinski definition) is 0. The lowest BCUT2D eigenvalue weighted by Crippen LogP contribution is -2.47. The van der Waals surface area contributed by atoms with Crippen LogP contribution in [0.2, 0.25) is 0 Å². The van der Waals surface area contributed by atoms with Crippen molar-refractivity contribution in [1.29, 1.82) is 0 Å². The molecule has 2 fully saturated rings. The molecule has 0 N–H and O–H groups in total. The molecule has 2 saturated heterocycles. The van der Waals surface area contributed by atoms with Crippen molar-refractivity contribution < 1.29 is 14.3 Å². The van der Waals surface area contributed by atoms with Crippen LogP contribution in [0.1, 0.15) is 60.1 Å². The number of allylic oxidation sites excluding steroid dienone is 1. The van der Waals surface area contributed by atoms with Crippen molar-refractivity contribution >= 4 is 28.8 Å². The summed E-state index contributed by atoms with van der Waals surface area (Å²) in [4.78, 5) is 37.9. The molecule has 0 unspecified atom stereocenters. The van der Waals surface area contributed by atoms with E-state index in [2.05, 4.69) is 118 Å². The Labute approximate surface area is 313 Å². The zero-order valence-electron chi connectivity index (χ0n) is 31.2. The molecule has 53 heavy (non-hydrogen) atoms. The van der Waals surface area contributed by atoms with Gasteiger partial charge >= 0.3 is 6.09 Å². The maximum Gasteiger partial charge on any atom is 0.409 e. The number of carbonyl (C=O) groups excluding carboxylic acids is 2. The number of imidazole rings is 1. The van der Waals surface area contributed by atoms with Crippen LogP contribution in [0.25, 0.3) is 33.8 Å². The fraction of sp³-hybridized carbons (Fsp3) is 0.386.